The fourth-order valence-corrected chi connectivity index (χ4v) is 2.76. The first-order chi connectivity index (χ1) is 8.83. The van der Waals surface area contributed by atoms with E-state index in [1.807, 2.05) is 30.3 Å². The molecule has 0 radical (unpaired) electrons. The van der Waals surface area contributed by atoms with Gasteiger partial charge in [0.25, 0.3) is 0 Å². The second kappa shape index (κ2) is 4.01. The molecule has 3 heterocycles. The number of aliphatic hydroxyl groups is 1. The van der Waals surface area contributed by atoms with Crippen LogP contribution < -0.4 is 0 Å². The molecule has 0 saturated carbocycles. The lowest BCUT2D eigenvalue weighted by atomic mass is 10.0. The lowest BCUT2D eigenvalue weighted by molar-refractivity contribution is -0.202. The number of hydrogen-bond donors (Lipinski definition) is 1. The normalized spacial score (nSPS) is 46.1. The third kappa shape index (κ3) is 1.52. The summed E-state index contributed by atoms with van der Waals surface area (Å²) in [6.07, 6.45) is -2.57. The van der Waals surface area contributed by atoms with Crippen LogP contribution in [0.25, 0.3) is 0 Å². The van der Waals surface area contributed by atoms with Gasteiger partial charge in [-0.2, -0.15) is 0 Å². The standard InChI is InChI=1S/C13H14O5/c14-9-11-10(8-6-15-13(9)16-8)17-12(18-11)7-4-2-1-3-5-7/h1-5,8-14H,6H2/t8-,9-,10+,11-,12+,13-/m1/s1. The van der Waals surface area contributed by atoms with Gasteiger partial charge < -0.3 is 24.1 Å². The first kappa shape index (κ1) is 10.9. The Bertz CT molecular complexity index is 430. The Balaban J connectivity index is 1.60. The second-order valence-corrected chi connectivity index (χ2v) is 4.81. The molecule has 0 unspecified atom stereocenters. The van der Waals surface area contributed by atoms with E-state index in [0.717, 1.165) is 5.56 Å². The van der Waals surface area contributed by atoms with Crippen molar-refractivity contribution in [3.63, 3.8) is 0 Å². The van der Waals surface area contributed by atoms with Crippen molar-refractivity contribution in [1.29, 1.82) is 0 Å². The monoisotopic (exact) mass is 250 g/mol. The molecule has 5 nitrogen and oxygen atoms in total. The molecule has 96 valence electrons. The van der Waals surface area contributed by atoms with Gasteiger partial charge >= 0.3 is 0 Å². The molecule has 0 spiro atoms. The van der Waals surface area contributed by atoms with Crippen LogP contribution in [-0.2, 0) is 18.9 Å². The average molecular weight is 250 g/mol. The zero-order valence-corrected chi connectivity index (χ0v) is 9.64. The molecule has 0 aliphatic carbocycles. The maximum absolute atomic E-state index is 10.1. The highest BCUT2D eigenvalue weighted by molar-refractivity contribution is 5.17. The fraction of sp³-hybridized carbons (Fsp3) is 0.538. The third-order valence-corrected chi connectivity index (χ3v) is 3.67. The van der Waals surface area contributed by atoms with Crippen LogP contribution in [0.5, 0.6) is 0 Å². The molecule has 2 bridgehead atoms. The van der Waals surface area contributed by atoms with Crippen LogP contribution in [0, 0.1) is 0 Å². The molecule has 6 atom stereocenters. The van der Waals surface area contributed by atoms with Gasteiger partial charge in [0.1, 0.15) is 24.4 Å². The molecular weight excluding hydrogens is 236 g/mol. The van der Waals surface area contributed by atoms with Crippen molar-refractivity contribution >= 4 is 0 Å². The minimum absolute atomic E-state index is 0.142. The Morgan fingerprint density at radius 3 is 2.61 bits per heavy atom. The second-order valence-electron chi connectivity index (χ2n) is 4.81. The van der Waals surface area contributed by atoms with Crippen molar-refractivity contribution in [2.75, 3.05) is 6.61 Å². The number of aliphatic hydroxyl groups excluding tert-OH is 1. The summed E-state index contributed by atoms with van der Waals surface area (Å²) in [6.45, 7) is 0.452. The van der Waals surface area contributed by atoms with E-state index >= 15 is 0 Å². The van der Waals surface area contributed by atoms with Crippen LogP contribution in [0.4, 0.5) is 0 Å². The molecule has 18 heavy (non-hydrogen) atoms. The molecule has 3 fully saturated rings. The SMILES string of the molecule is O[C@H]1[C@@H]2OC[C@@H](O2)[C@@H]2O[C@H](c3ccccc3)O[C@H]12. The number of fused-ring (bicyclic) bond motifs is 4. The number of hydrogen-bond acceptors (Lipinski definition) is 5. The first-order valence-corrected chi connectivity index (χ1v) is 6.14. The summed E-state index contributed by atoms with van der Waals surface area (Å²) < 4.78 is 22.5. The van der Waals surface area contributed by atoms with Crippen LogP contribution in [0.1, 0.15) is 11.9 Å². The summed E-state index contributed by atoms with van der Waals surface area (Å²) in [7, 11) is 0. The van der Waals surface area contributed by atoms with Crippen LogP contribution in [0.2, 0.25) is 0 Å². The van der Waals surface area contributed by atoms with Gasteiger partial charge in [-0.3, -0.25) is 0 Å². The van der Waals surface area contributed by atoms with E-state index in [1.165, 1.54) is 0 Å². The predicted octanol–water partition coefficient (Wildman–Crippen LogP) is 0.585. The topological polar surface area (TPSA) is 57.2 Å². The maximum Gasteiger partial charge on any atom is 0.186 e. The lowest BCUT2D eigenvalue weighted by Crippen LogP contribution is -2.52. The number of ether oxygens (including phenoxy) is 4. The summed E-state index contributed by atoms with van der Waals surface area (Å²) in [5.41, 5.74) is 0.955. The molecule has 5 heteroatoms. The van der Waals surface area contributed by atoms with E-state index in [0.29, 0.717) is 6.61 Å². The van der Waals surface area contributed by atoms with Crippen molar-refractivity contribution in [1.82, 2.24) is 0 Å². The van der Waals surface area contributed by atoms with E-state index in [1.54, 1.807) is 0 Å². The number of rotatable bonds is 1. The minimum atomic E-state index is -0.789. The van der Waals surface area contributed by atoms with E-state index in [-0.39, 0.29) is 18.3 Å². The molecule has 3 aliphatic heterocycles. The Hall–Kier alpha value is -0.980. The molecule has 1 aromatic carbocycles. The Morgan fingerprint density at radius 2 is 1.78 bits per heavy atom. The van der Waals surface area contributed by atoms with Crippen LogP contribution >= 0.6 is 0 Å². The van der Waals surface area contributed by atoms with Crippen molar-refractivity contribution in [3.05, 3.63) is 35.9 Å². The zero-order valence-electron chi connectivity index (χ0n) is 9.64. The van der Waals surface area contributed by atoms with Crippen LogP contribution in [0.3, 0.4) is 0 Å². The van der Waals surface area contributed by atoms with E-state index < -0.39 is 18.7 Å². The van der Waals surface area contributed by atoms with Gasteiger partial charge in [0.2, 0.25) is 0 Å². The van der Waals surface area contributed by atoms with E-state index in [9.17, 15) is 5.11 Å². The van der Waals surface area contributed by atoms with Gasteiger partial charge in [-0.1, -0.05) is 30.3 Å². The Labute approximate surface area is 104 Å². The summed E-state index contributed by atoms with van der Waals surface area (Å²) in [5, 5.41) is 10.1. The highest BCUT2D eigenvalue weighted by atomic mass is 16.8. The zero-order chi connectivity index (χ0) is 12.1. The van der Waals surface area contributed by atoms with Gasteiger partial charge in [-0.15, -0.1) is 0 Å². The Kier molecular flexibility index (Phi) is 2.43. The highest BCUT2D eigenvalue weighted by Crippen LogP contribution is 2.41. The smallest absolute Gasteiger partial charge is 0.186 e. The summed E-state index contributed by atoms with van der Waals surface area (Å²) >= 11 is 0. The van der Waals surface area contributed by atoms with E-state index in [2.05, 4.69) is 0 Å². The van der Waals surface area contributed by atoms with Crippen LogP contribution in [-0.4, -0.2) is 42.4 Å². The lowest BCUT2D eigenvalue weighted by Gasteiger charge is -2.31. The van der Waals surface area contributed by atoms with E-state index in [4.69, 9.17) is 18.9 Å². The third-order valence-electron chi connectivity index (χ3n) is 3.67. The minimum Gasteiger partial charge on any atom is -0.385 e. The summed E-state index contributed by atoms with van der Waals surface area (Å²) in [4.78, 5) is 0. The average Bonchev–Trinajstić information content (AvgIpc) is 3.04. The molecule has 1 N–H and O–H groups in total. The predicted molar refractivity (Wildman–Crippen MR) is 59.5 cm³/mol. The van der Waals surface area contributed by atoms with Gasteiger partial charge in [-0.05, 0) is 0 Å². The van der Waals surface area contributed by atoms with Gasteiger partial charge in [-0.25, -0.2) is 0 Å². The summed E-state index contributed by atoms with van der Waals surface area (Å²) in [6, 6.07) is 9.71. The maximum atomic E-state index is 10.1. The molecule has 4 rings (SSSR count). The molecule has 3 saturated heterocycles. The quantitative estimate of drug-likeness (QED) is 0.790. The molecule has 0 aromatic heterocycles. The van der Waals surface area contributed by atoms with Crippen molar-refractivity contribution in [2.24, 2.45) is 0 Å². The van der Waals surface area contributed by atoms with Crippen LogP contribution in [0.15, 0.2) is 30.3 Å². The summed E-state index contributed by atoms with van der Waals surface area (Å²) in [5.74, 6) is 0. The Morgan fingerprint density at radius 1 is 1.00 bits per heavy atom. The van der Waals surface area contributed by atoms with Gasteiger partial charge in [0, 0.05) is 5.56 Å². The first-order valence-electron chi connectivity index (χ1n) is 6.14. The molecular formula is C13H14O5. The highest BCUT2D eigenvalue weighted by Gasteiger charge is 2.56. The van der Waals surface area contributed by atoms with Crippen molar-refractivity contribution in [2.45, 2.75) is 37.0 Å². The van der Waals surface area contributed by atoms with Crippen molar-refractivity contribution in [3.8, 4) is 0 Å². The number of benzene rings is 1. The largest absolute Gasteiger partial charge is 0.385 e. The molecule has 1 aromatic rings. The van der Waals surface area contributed by atoms with Gasteiger partial charge in [0.15, 0.2) is 12.6 Å². The molecule has 0 amide bonds. The van der Waals surface area contributed by atoms with Gasteiger partial charge in [0.05, 0.1) is 6.61 Å². The molecule has 3 aliphatic rings. The van der Waals surface area contributed by atoms with Crippen molar-refractivity contribution < 1.29 is 24.1 Å². The fourth-order valence-electron chi connectivity index (χ4n) is 2.76.